The van der Waals surface area contributed by atoms with Gasteiger partial charge in [0.1, 0.15) is 0 Å². The molecule has 1 N–H and O–H groups in total. The molecule has 0 saturated heterocycles. The smallest absolute Gasteiger partial charge is 0.157 e. The van der Waals surface area contributed by atoms with Crippen LogP contribution in [0, 0.1) is 5.92 Å². The third-order valence-electron chi connectivity index (χ3n) is 4.22. The number of amidine groups is 1. The van der Waals surface area contributed by atoms with Gasteiger partial charge in [-0.25, -0.2) is 0 Å². The van der Waals surface area contributed by atoms with E-state index in [2.05, 4.69) is 44.9 Å². The molecule has 1 aliphatic heterocycles. The van der Waals surface area contributed by atoms with Gasteiger partial charge in [-0.1, -0.05) is 52.3 Å². The topological polar surface area (TPSA) is 24.4 Å². The summed E-state index contributed by atoms with van der Waals surface area (Å²) in [6, 6.07) is 0. The first-order valence-electron chi connectivity index (χ1n) is 7.07. The highest BCUT2D eigenvalue weighted by molar-refractivity contribution is 8.14. The molecular formula is C14H28N2S. The molecule has 1 aliphatic rings. The molecule has 0 spiro atoms. The highest BCUT2D eigenvalue weighted by atomic mass is 32.2. The van der Waals surface area contributed by atoms with Crippen LogP contribution in [-0.4, -0.2) is 22.5 Å². The molecule has 0 amide bonds. The summed E-state index contributed by atoms with van der Waals surface area (Å²) in [5, 5.41) is 5.51. The van der Waals surface area contributed by atoms with E-state index in [-0.39, 0.29) is 5.54 Å². The van der Waals surface area contributed by atoms with Gasteiger partial charge >= 0.3 is 0 Å². The standard InChI is InChI=1S/C14H28N2S/c1-6-11(7-2)12-10-15-13(17-12)16-14(5,8-3)9-4/h11-12H,6-10H2,1-5H3,(H,15,16). The van der Waals surface area contributed by atoms with Crippen molar-refractivity contribution in [2.45, 2.75) is 71.1 Å². The second kappa shape index (κ2) is 6.67. The Morgan fingerprint density at radius 3 is 2.35 bits per heavy atom. The summed E-state index contributed by atoms with van der Waals surface area (Å²) in [4.78, 5) is 4.68. The van der Waals surface area contributed by atoms with Crippen LogP contribution in [0.3, 0.4) is 0 Å². The molecule has 1 rings (SSSR count). The van der Waals surface area contributed by atoms with E-state index in [0.29, 0.717) is 5.25 Å². The molecule has 3 heteroatoms. The predicted molar refractivity (Wildman–Crippen MR) is 79.9 cm³/mol. The van der Waals surface area contributed by atoms with Crippen LogP contribution >= 0.6 is 11.8 Å². The maximum absolute atomic E-state index is 4.68. The van der Waals surface area contributed by atoms with Crippen molar-refractivity contribution >= 4 is 16.9 Å². The summed E-state index contributed by atoms with van der Waals surface area (Å²) >= 11 is 1.96. The van der Waals surface area contributed by atoms with Crippen molar-refractivity contribution in [3.05, 3.63) is 0 Å². The molecule has 2 nitrogen and oxygen atoms in total. The van der Waals surface area contributed by atoms with E-state index < -0.39 is 0 Å². The fourth-order valence-electron chi connectivity index (χ4n) is 2.20. The van der Waals surface area contributed by atoms with Gasteiger partial charge in [0.15, 0.2) is 5.17 Å². The van der Waals surface area contributed by atoms with Crippen molar-refractivity contribution in [3.8, 4) is 0 Å². The Kier molecular flexibility index (Phi) is 5.84. The van der Waals surface area contributed by atoms with Gasteiger partial charge in [0.25, 0.3) is 0 Å². The maximum Gasteiger partial charge on any atom is 0.157 e. The molecule has 0 radical (unpaired) electrons. The van der Waals surface area contributed by atoms with E-state index in [4.69, 9.17) is 0 Å². The van der Waals surface area contributed by atoms with E-state index in [1.165, 1.54) is 18.0 Å². The van der Waals surface area contributed by atoms with Gasteiger partial charge in [0.05, 0.1) is 6.54 Å². The van der Waals surface area contributed by atoms with Crippen LogP contribution in [-0.2, 0) is 0 Å². The normalized spacial score (nSPS) is 20.8. The number of nitrogens with zero attached hydrogens (tertiary/aromatic N) is 1. The Bertz CT molecular complexity index is 255. The third kappa shape index (κ3) is 3.90. The van der Waals surface area contributed by atoms with Gasteiger partial charge in [-0.05, 0) is 25.7 Å². The lowest BCUT2D eigenvalue weighted by atomic mass is 9.96. The maximum atomic E-state index is 4.68. The van der Waals surface area contributed by atoms with Crippen LogP contribution in [0.5, 0.6) is 0 Å². The first kappa shape index (κ1) is 14.9. The molecule has 0 fully saturated rings. The van der Waals surface area contributed by atoms with Gasteiger partial charge in [-0.3, -0.25) is 4.99 Å². The average molecular weight is 256 g/mol. The first-order valence-corrected chi connectivity index (χ1v) is 7.95. The number of rotatable bonds is 6. The lowest BCUT2D eigenvalue weighted by Crippen LogP contribution is -2.43. The SMILES string of the molecule is CCC(CC)C1CN=C(NC(C)(CC)CC)S1. The summed E-state index contributed by atoms with van der Waals surface area (Å²) in [7, 11) is 0. The zero-order valence-corrected chi connectivity index (χ0v) is 12.9. The fraction of sp³-hybridized carbons (Fsp3) is 0.929. The van der Waals surface area contributed by atoms with Gasteiger partial charge < -0.3 is 5.32 Å². The summed E-state index contributed by atoms with van der Waals surface area (Å²) in [6.45, 7) is 12.4. The van der Waals surface area contributed by atoms with Crippen molar-refractivity contribution in [1.82, 2.24) is 5.32 Å². The van der Waals surface area contributed by atoms with E-state index in [9.17, 15) is 0 Å². The van der Waals surface area contributed by atoms with E-state index >= 15 is 0 Å². The molecular weight excluding hydrogens is 228 g/mol. The molecule has 100 valence electrons. The number of thioether (sulfide) groups is 1. The number of hydrogen-bond donors (Lipinski definition) is 1. The summed E-state index contributed by atoms with van der Waals surface area (Å²) in [6.07, 6.45) is 4.85. The largest absolute Gasteiger partial charge is 0.360 e. The zero-order chi connectivity index (χ0) is 12.9. The molecule has 1 atom stereocenters. The second-order valence-electron chi connectivity index (χ2n) is 5.27. The molecule has 17 heavy (non-hydrogen) atoms. The molecule has 0 aliphatic carbocycles. The van der Waals surface area contributed by atoms with Crippen LogP contribution in [0.4, 0.5) is 0 Å². The molecule has 0 saturated carbocycles. The third-order valence-corrected chi connectivity index (χ3v) is 5.51. The highest BCUT2D eigenvalue weighted by Crippen LogP contribution is 2.31. The minimum atomic E-state index is 0.217. The lowest BCUT2D eigenvalue weighted by Gasteiger charge is -2.29. The van der Waals surface area contributed by atoms with E-state index in [0.717, 1.165) is 25.3 Å². The Balaban J connectivity index is 2.50. The summed E-state index contributed by atoms with van der Waals surface area (Å²) < 4.78 is 0. The molecule has 0 aromatic rings. The zero-order valence-electron chi connectivity index (χ0n) is 12.0. The average Bonchev–Trinajstić information content (AvgIpc) is 2.79. The summed E-state index contributed by atoms with van der Waals surface area (Å²) in [5.41, 5.74) is 0.217. The van der Waals surface area contributed by atoms with E-state index in [1.54, 1.807) is 0 Å². The van der Waals surface area contributed by atoms with Gasteiger partial charge in [-0.2, -0.15) is 0 Å². The Labute approximate surface area is 111 Å². The molecule has 1 heterocycles. The van der Waals surface area contributed by atoms with Gasteiger partial charge in [0, 0.05) is 10.8 Å². The molecule has 0 bridgehead atoms. The van der Waals surface area contributed by atoms with E-state index in [1.807, 2.05) is 11.8 Å². The summed E-state index contributed by atoms with van der Waals surface area (Å²) in [5.74, 6) is 0.817. The first-order chi connectivity index (χ1) is 8.08. The van der Waals surface area contributed by atoms with Crippen LogP contribution in [0.1, 0.15) is 60.3 Å². The fourth-order valence-corrected chi connectivity index (χ4v) is 3.67. The van der Waals surface area contributed by atoms with Crippen molar-refractivity contribution in [1.29, 1.82) is 0 Å². The highest BCUT2D eigenvalue weighted by Gasteiger charge is 2.29. The van der Waals surface area contributed by atoms with Gasteiger partial charge in [-0.15, -0.1) is 0 Å². The van der Waals surface area contributed by atoms with Crippen LogP contribution in [0.2, 0.25) is 0 Å². The second-order valence-corrected chi connectivity index (χ2v) is 6.50. The van der Waals surface area contributed by atoms with Crippen molar-refractivity contribution in [2.75, 3.05) is 6.54 Å². The molecule has 0 aromatic heterocycles. The van der Waals surface area contributed by atoms with Crippen molar-refractivity contribution in [3.63, 3.8) is 0 Å². The quantitative estimate of drug-likeness (QED) is 0.775. The Morgan fingerprint density at radius 1 is 1.29 bits per heavy atom. The molecule has 1 unspecified atom stereocenters. The monoisotopic (exact) mass is 256 g/mol. The Morgan fingerprint density at radius 2 is 1.88 bits per heavy atom. The number of aliphatic imine (C=N–C) groups is 1. The van der Waals surface area contributed by atoms with Crippen LogP contribution < -0.4 is 5.32 Å². The number of hydrogen-bond acceptors (Lipinski definition) is 3. The predicted octanol–water partition coefficient (Wildman–Crippen LogP) is 4.06. The number of nitrogens with one attached hydrogen (secondary N) is 1. The van der Waals surface area contributed by atoms with Crippen molar-refractivity contribution < 1.29 is 0 Å². The molecule has 0 aromatic carbocycles. The van der Waals surface area contributed by atoms with Crippen molar-refractivity contribution in [2.24, 2.45) is 10.9 Å². The Hall–Kier alpha value is -0.180. The minimum absolute atomic E-state index is 0.217. The van der Waals surface area contributed by atoms with Gasteiger partial charge in [0.2, 0.25) is 0 Å². The lowest BCUT2D eigenvalue weighted by molar-refractivity contribution is 0.391. The van der Waals surface area contributed by atoms with Crippen LogP contribution in [0.15, 0.2) is 4.99 Å². The van der Waals surface area contributed by atoms with Crippen LogP contribution in [0.25, 0.3) is 0 Å². The minimum Gasteiger partial charge on any atom is -0.360 e.